The standard InChI is InChI=1S/C21H28N4O3/c1-14(2)25(12-16-10-22-24(4)11-16)13-19-15(3)28-21(23-19)18-9-17(26-5)7-8-20(18)27-6/h7-11,14H,12-13H2,1-6H3. The van der Waals surface area contributed by atoms with Crippen LogP contribution in [0.4, 0.5) is 0 Å². The minimum atomic E-state index is 0.353. The Kier molecular flexibility index (Phi) is 6.04. The van der Waals surface area contributed by atoms with Crippen LogP contribution in [0.5, 0.6) is 11.5 Å². The molecule has 0 aliphatic heterocycles. The molecule has 0 unspecified atom stereocenters. The molecular formula is C21H28N4O3. The second-order valence-electron chi connectivity index (χ2n) is 7.11. The lowest BCUT2D eigenvalue weighted by molar-refractivity contribution is 0.200. The Balaban J connectivity index is 1.87. The largest absolute Gasteiger partial charge is 0.497 e. The molecule has 1 aromatic carbocycles. The molecular weight excluding hydrogens is 356 g/mol. The van der Waals surface area contributed by atoms with Crippen molar-refractivity contribution in [3.63, 3.8) is 0 Å². The third kappa shape index (κ3) is 4.36. The van der Waals surface area contributed by atoms with Gasteiger partial charge in [0.15, 0.2) is 0 Å². The molecule has 28 heavy (non-hydrogen) atoms. The predicted molar refractivity (Wildman–Crippen MR) is 107 cm³/mol. The molecule has 7 nitrogen and oxygen atoms in total. The van der Waals surface area contributed by atoms with Gasteiger partial charge in [0.25, 0.3) is 0 Å². The fourth-order valence-corrected chi connectivity index (χ4v) is 3.07. The average Bonchev–Trinajstić information content (AvgIpc) is 3.26. The Bertz CT molecular complexity index is 930. The van der Waals surface area contributed by atoms with Crippen LogP contribution in [-0.4, -0.2) is 39.9 Å². The highest BCUT2D eigenvalue weighted by Crippen LogP contribution is 2.34. The molecule has 0 radical (unpaired) electrons. The number of hydrogen-bond donors (Lipinski definition) is 0. The van der Waals surface area contributed by atoms with Crippen molar-refractivity contribution in [2.75, 3.05) is 14.2 Å². The van der Waals surface area contributed by atoms with Gasteiger partial charge in [-0.2, -0.15) is 5.10 Å². The van der Waals surface area contributed by atoms with Gasteiger partial charge in [-0.1, -0.05) is 0 Å². The first-order valence-corrected chi connectivity index (χ1v) is 9.31. The van der Waals surface area contributed by atoms with E-state index in [0.717, 1.165) is 29.3 Å². The molecule has 0 fully saturated rings. The summed E-state index contributed by atoms with van der Waals surface area (Å²) in [6.07, 6.45) is 3.94. The molecule has 0 saturated carbocycles. The molecule has 7 heteroatoms. The predicted octanol–water partition coefficient (Wildman–Crippen LogP) is 3.81. The smallest absolute Gasteiger partial charge is 0.230 e. The highest BCUT2D eigenvalue weighted by atomic mass is 16.5. The zero-order valence-corrected chi connectivity index (χ0v) is 17.4. The molecule has 3 rings (SSSR count). The minimum absolute atomic E-state index is 0.353. The van der Waals surface area contributed by atoms with Crippen molar-refractivity contribution in [2.45, 2.75) is 39.9 Å². The molecule has 3 aromatic rings. The molecule has 0 amide bonds. The van der Waals surface area contributed by atoms with Crippen molar-refractivity contribution in [1.29, 1.82) is 0 Å². The van der Waals surface area contributed by atoms with Crippen LogP contribution in [0.15, 0.2) is 35.0 Å². The summed E-state index contributed by atoms with van der Waals surface area (Å²) in [7, 11) is 5.20. The van der Waals surface area contributed by atoms with Crippen LogP contribution in [0.2, 0.25) is 0 Å². The number of aromatic nitrogens is 3. The number of rotatable bonds is 8. The number of aryl methyl sites for hydroxylation is 2. The zero-order valence-electron chi connectivity index (χ0n) is 17.4. The Morgan fingerprint density at radius 1 is 1.18 bits per heavy atom. The molecule has 0 aliphatic rings. The van der Waals surface area contributed by atoms with E-state index in [-0.39, 0.29) is 0 Å². The van der Waals surface area contributed by atoms with Crippen molar-refractivity contribution in [1.82, 2.24) is 19.7 Å². The van der Waals surface area contributed by atoms with Gasteiger partial charge < -0.3 is 13.9 Å². The zero-order chi connectivity index (χ0) is 20.3. The number of nitrogens with zero attached hydrogens (tertiary/aromatic N) is 4. The summed E-state index contributed by atoms with van der Waals surface area (Å²) in [5.74, 6) is 2.77. The number of methoxy groups -OCH3 is 2. The molecule has 0 N–H and O–H groups in total. The maximum Gasteiger partial charge on any atom is 0.230 e. The monoisotopic (exact) mass is 384 g/mol. The molecule has 2 heterocycles. The van der Waals surface area contributed by atoms with Gasteiger partial charge in [-0.25, -0.2) is 4.98 Å². The number of oxazole rings is 1. The topological polar surface area (TPSA) is 65.6 Å². The molecule has 0 atom stereocenters. The summed E-state index contributed by atoms with van der Waals surface area (Å²) < 4.78 is 18.6. The summed E-state index contributed by atoms with van der Waals surface area (Å²) in [6.45, 7) is 7.79. The van der Waals surface area contributed by atoms with Crippen LogP contribution in [0.3, 0.4) is 0 Å². The van der Waals surface area contributed by atoms with Crippen LogP contribution < -0.4 is 9.47 Å². The van der Waals surface area contributed by atoms with Crippen molar-refractivity contribution < 1.29 is 13.9 Å². The molecule has 150 valence electrons. The van der Waals surface area contributed by atoms with E-state index in [1.165, 1.54) is 5.56 Å². The molecule has 0 spiro atoms. The van der Waals surface area contributed by atoms with Crippen LogP contribution in [-0.2, 0) is 20.1 Å². The lowest BCUT2D eigenvalue weighted by atomic mass is 10.2. The Hall–Kier alpha value is -2.80. The van der Waals surface area contributed by atoms with Gasteiger partial charge in [-0.15, -0.1) is 0 Å². The highest BCUT2D eigenvalue weighted by molar-refractivity contribution is 5.65. The second kappa shape index (κ2) is 8.48. The first-order valence-electron chi connectivity index (χ1n) is 9.31. The minimum Gasteiger partial charge on any atom is -0.497 e. The van der Waals surface area contributed by atoms with E-state index in [1.54, 1.807) is 14.2 Å². The molecule has 0 saturated heterocycles. The molecule has 0 bridgehead atoms. The first-order chi connectivity index (χ1) is 13.4. The quantitative estimate of drug-likeness (QED) is 0.588. The first kappa shape index (κ1) is 19.9. The van der Waals surface area contributed by atoms with Gasteiger partial charge >= 0.3 is 0 Å². The number of ether oxygens (including phenoxy) is 2. The van der Waals surface area contributed by atoms with Crippen molar-refractivity contribution in [2.24, 2.45) is 7.05 Å². The summed E-state index contributed by atoms with van der Waals surface area (Å²) >= 11 is 0. The Labute approximate surface area is 165 Å². The van der Waals surface area contributed by atoms with E-state index >= 15 is 0 Å². The second-order valence-corrected chi connectivity index (χ2v) is 7.11. The number of hydrogen-bond acceptors (Lipinski definition) is 6. The normalized spacial score (nSPS) is 11.4. The van der Waals surface area contributed by atoms with Gasteiger partial charge in [0, 0.05) is 37.9 Å². The maximum atomic E-state index is 5.99. The van der Waals surface area contributed by atoms with Crippen LogP contribution in [0.25, 0.3) is 11.5 Å². The van der Waals surface area contributed by atoms with E-state index in [0.29, 0.717) is 24.2 Å². The highest BCUT2D eigenvalue weighted by Gasteiger charge is 2.20. The molecule has 2 aromatic heterocycles. The van der Waals surface area contributed by atoms with Crippen LogP contribution in [0.1, 0.15) is 30.9 Å². The summed E-state index contributed by atoms with van der Waals surface area (Å²) in [4.78, 5) is 7.11. The SMILES string of the molecule is COc1ccc(OC)c(-c2nc(CN(Cc3cnn(C)c3)C(C)C)c(C)o2)c1. The fourth-order valence-electron chi connectivity index (χ4n) is 3.07. The van der Waals surface area contributed by atoms with E-state index < -0.39 is 0 Å². The third-order valence-corrected chi connectivity index (χ3v) is 4.76. The average molecular weight is 384 g/mol. The maximum absolute atomic E-state index is 5.99. The summed E-state index contributed by atoms with van der Waals surface area (Å²) in [5.41, 5.74) is 2.86. The van der Waals surface area contributed by atoms with Gasteiger partial charge in [-0.05, 0) is 39.0 Å². The Morgan fingerprint density at radius 3 is 2.57 bits per heavy atom. The van der Waals surface area contributed by atoms with Gasteiger partial charge in [0.1, 0.15) is 17.3 Å². The van der Waals surface area contributed by atoms with E-state index in [2.05, 4.69) is 23.8 Å². The van der Waals surface area contributed by atoms with Gasteiger partial charge in [-0.3, -0.25) is 9.58 Å². The summed E-state index contributed by atoms with van der Waals surface area (Å²) in [5, 5.41) is 4.26. The Morgan fingerprint density at radius 2 is 1.96 bits per heavy atom. The fraction of sp³-hybridized carbons (Fsp3) is 0.429. The van der Waals surface area contributed by atoms with E-state index in [4.69, 9.17) is 18.9 Å². The number of benzene rings is 1. The van der Waals surface area contributed by atoms with Crippen LogP contribution in [0, 0.1) is 6.92 Å². The third-order valence-electron chi connectivity index (χ3n) is 4.76. The van der Waals surface area contributed by atoms with Crippen molar-refractivity contribution in [3.8, 4) is 23.0 Å². The lowest BCUT2D eigenvalue weighted by Crippen LogP contribution is -2.30. The van der Waals surface area contributed by atoms with Gasteiger partial charge in [0.05, 0.1) is 31.7 Å². The van der Waals surface area contributed by atoms with E-state index in [9.17, 15) is 0 Å². The van der Waals surface area contributed by atoms with Crippen molar-refractivity contribution in [3.05, 3.63) is 47.6 Å². The van der Waals surface area contributed by atoms with Crippen molar-refractivity contribution >= 4 is 0 Å². The van der Waals surface area contributed by atoms with E-state index in [1.807, 2.05) is 49.2 Å². The van der Waals surface area contributed by atoms with Gasteiger partial charge in [0.2, 0.25) is 5.89 Å². The van der Waals surface area contributed by atoms with Crippen LogP contribution >= 0.6 is 0 Å². The molecule has 0 aliphatic carbocycles. The summed E-state index contributed by atoms with van der Waals surface area (Å²) in [6, 6.07) is 5.94. The lowest BCUT2D eigenvalue weighted by Gasteiger charge is -2.25.